The molecule has 2 heterocycles. The van der Waals surface area contributed by atoms with Crippen molar-refractivity contribution in [1.29, 1.82) is 0 Å². The Labute approximate surface area is 220 Å². The molecule has 2 aliphatic heterocycles. The van der Waals surface area contributed by atoms with Crippen molar-refractivity contribution in [2.75, 3.05) is 33.3 Å². The minimum Gasteiger partial charge on any atom is -0.466 e. The zero-order valence-corrected chi connectivity index (χ0v) is 22.5. The van der Waals surface area contributed by atoms with E-state index in [2.05, 4.69) is 45.9 Å². The molecule has 1 saturated heterocycles. The number of hydrogen-bond donors (Lipinski definition) is 2. The molecule has 2 aliphatic rings. The summed E-state index contributed by atoms with van der Waals surface area (Å²) < 4.78 is 5.10. The number of ether oxygens (including phenoxy) is 1. The highest BCUT2D eigenvalue weighted by Crippen LogP contribution is 2.38. The normalized spacial score (nSPS) is 19.0. The van der Waals surface area contributed by atoms with Gasteiger partial charge in [-0.05, 0) is 76.7 Å². The lowest BCUT2D eigenvalue weighted by atomic mass is 9.80. The minimum atomic E-state index is -0.480. The van der Waals surface area contributed by atoms with E-state index in [-0.39, 0.29) is 5.91 Å². The summed E-state index contributed by atoms with van der Waals surface area (Å²) in [5, 5.41) is 6.36. The third kappa shape index (κ3) is 6.31. The van der Waals surface area contributed by atoms with E-state index in [1.165, 1.54) is 25.5 Å². The zero-order chi connectivity index (χ0) is 26.4. The first-order valence-corrected chi connectivity index (χ1v) is 13.3. The molecule has 2 aromatic carbocycles. The van der Waals surface area contributed by atoms with Crippen LogP contribution in [0.5, 0.6) is 0 Å². The van der Waals surface area contributed by atoms with Crippen LogP contribution in [0.3, 0.4) is 0 Å². The summed E-state index contributed by atoms with van der Waals surface area (Å²) in [7, 11) is 1.38. The summed E-state index contributed by atoms with van der Waals surface area (Å²) in [6.07, 6.45) is 3.23. The maximum atomic E-state index is 13.5. The van der Waals surface area contributed by atoms with Crippen molar-refractivity contribution in [3.05, 3.63) is 93.8 Å². The number of piperidine rings is 1. The fraction of sp³-hybridized carbons (Fsp3) is 0.419. The fourth-order valence-electron chi connectivity index (χ4n) is 5.58. The van der Waals surface area contributed by atoms with Crippen LogP contribution in [0.2, 0.25) is 0 Å². The Bertz CT molecular complexity index is 1160. The van der Waals surface area contributed by atoms with Gasteiger partial charge in [-0.15, -0.1) is 0 Å². The van der Waals surface area contributed by atoms with Gasteiger partial charge in [-0.1, -0.05) is 60.2 Å². The number of carbonyl (C=O) groups excluding carboxylic acids is 2. The van der Waals surface area contributed by atoms with Crippen LogP contribution in [0.4, 0.5) is 0 Å². The highest BCUT2D eigenvalue weighted by atomic mass is 16.5. The Balaban J connectivity index is 1.37. The summed E-state index contributed by atoms with van der Waals surface area (Å²) in [6.45, 7) is 9.50. The average molecular weight is 502 g/mol. The predicted octanol–water partition coefficient (Wildman–Crippen LogP) is 4.79. The largest absolute Gasteiger partial charge is 0.466 e. The van der Waals surface area contributed by atoms with Crippen LogP contribution >= 0.6 is 0 Å². The van der Waals surface area contributed by atoms with Gasteiger partial charge in [0.2, 0.25) is 5.91 Å². The Morgan fingerprint density at radius 1 is 0.919 bits per heavy atom. The molecular weight excluding hydrogens is 462 g/mol. The van der Waals surface area contributed by atoms with Crippen LogP contribution in [-0.4, -0.2) is 50.1 Å². The van der Waals surface area contributed by atoms with Gasteiger partial charge < -0.3 is 20.3 Å². The van der Waals surface area contributed by atoms with Crippen molar-refractivity contribution in [3.8, 4) is 0 Å². The number of nitrogens with one attached hydrogen (secondary N) is 2. The average Bonchev–Trinajstić information content (AvgIpc) is 2.91. The number of dihydropyridines is 1. The lowest BCUT2D eigenvalue weighted by Gasteiger charge is -2.32. The molecule has 6 nitrogen and oxygen atoms in total. The molecule has 0 aliphatic carbocycles. The molecule has 0 bridgehead atoms. The SMILES string of the molecule is COC(=O)C1=C(C)NC(C)=C(C(=O)NCCCN2CCC(c3ccccc3)CC2)C1c1ccc(C)cc1. The van der Waals surface area contributed by atoms with Gasteiger partial charge in [-0.3, -0.25) is 4.79 Å². The van der Waals surface area contributed by atoms with Crippen molar-refractivity contribution >= 4 is 11.9 Å². The molecule has 0 spiro atoms. The van der Waals surface area contributed by atoms with Gasteiger partial charge in [-0.2, -0.15) is 0 Å². The summed E-state index contributed by atoms with van der Waals surface area (Å²) in [5.41, 5.74) is 5.98. The Kier molecular flexibility index (Phi) is 8.82. The Morgan fingerprint density at radius 3 is 2.22 bits per heavy atom. The molecule has 2 N–H and O–H groups in total. The van der Waals surface area contributed by atoms with E-state index in [0.29, 0.717) is 29.3 Å². The van der Waals surface area contributed by atoms with Gasteiger partial charge in [0.15, 0.2) is 0 Å². The molecule has 4 rings (SSSR count). The first kappa shape index (κ1) is 26.7. The smallest absolute Gasteiger partial charge is 0.336 e. The number of likely N-dealkylation sites (tertiary alicyclic amines) is 1. The lowest BCUT2D eigenvalue weighted by molar-refractivity contribution is -0.136. The van der Waals surface area contributed by atoms with E-state index in [0.717, 1.165) is 42.9 Å². The van der Waals surface area contributed by atoms with Crippen LogP contribution in [0, 0.1) is 6.92 Å². The maximum absolute atomic E-state index is 13.5. The highest BCUT2D eigenvalue weighted by Gasteiger charge is 2.36. The van der Waals surface area contributed by atoms with E-state index in [4.69, 9.17) is 4.74 Å². The number of benzene rings is 2. The molecule has 196 valence electrons. The van der Waals surface area contributed by atoms with Crippen molar-refractivity contribution in [3.63, 3.8) is 0 Å². The van der Waals surface area contributed by atoms with Crippen LogP contribution in [0.25, 0.3) is 0 Å². The number of rotatable bonds is 8. The number of methoxy groups -OCH3 is 1. The number of nitrogens with zero attached hydrogens (tertiary/aromatic N) is 1. The number of esters is 1. The third-order valence-corrected chi connectivity index (χ3v) is 7.62. The topological polar surface area (TPSA) is 70.7 Å². The molecule has 1 unspecified atom stereocenters. The summed E-state index contributed by atoms with van der Waals surface area (Å²) in [5.74, 6) is -0.407. The summed E-state index contributed by atoms with van der Waals surface area (Å²) in [6, 6.07) is 18.8. The quantitative estimate of drug-likeness (QED) is 0.402. The van der Waals surface area contributed by atoms with Crippen LogP contribution in [0.15, 0.2) is 77.1 Å². The second-order valence-electron chi connectivity index (χ2n) is 10.2. The first-order chi connectivity index (χ1) is 17.9. The molecule has 0 saturated carbocycles. The van der Waals surface area contributed by atoms with Crippen molar-refractivity contribution in [2.24, 2.45) is 0 Å². The third-order valence-electron chi connectivity index (χ3n) is 7.62. The Morgan fingerprint density at radius 2 is 1.57 bits per heavy atom. The highest BCUT2D eigenvalue weighted by molar-refractivity contribution is 6.02. The van der Waals surface area contributed by atoms with Gasteiger partial charge >= 0.3 is 5.97 Å². The standard InChI is InChI=1S/C31H39N3O3/c1-21-11-13-26(14-12-21)29-27(22(2)33-23(3)28(29)31(36)37-4)30(35)32-17-8-18-34-19-15-25(16-20-34)24-9-6-5-7-10-24/h5-7,9-14,25,29,33H,8,15-20H2,1-4H3,(H,32,35). The molecule has 37 heavy (non-hydrogen) atoms. The van der Waals surface area contributed by atoms with Crippen molar-refractivity contribution in [2.45, 2.75) is 51.9 Å². The van der Waals surface area contributed by atoms with Gasteiger partial charge in [0.25, 0.3) is 0 Å². The molecule has 2 aromatic rings. The number of carbonyl (C=O) groups is 2. The second-order valence-corrected chi connectivity index (χ2v) is 10.2. The summed E-state index contributed by atoms with van der Waals surface area (Å²) >= 11 is 0. The minimum absolute atomic E-state index is 0.146. The number of amides is 1. The van der Waals surface area contributed by atoms with Crippen molar-refractivity contribution < 1.29 is 14.3 Å². The molecule has 6 heteroatoms. The first-order valence-electron chi connectivity index (χ1n) is 13.3. The zero-order valence-electron chi connectivity index (χ0n) is 22.5. The Hall–Kier alpha value is -3.38. The molecular formula is C31H39N3O3. The number of aryl methyl sites for hydroxylation is 1. The van der Waals surface area contributed by atoms with E-state index in [9.17, 15) is 9.59 Å². The molecule has 0 aromatic heterocycles. The summed E-state index contributed by atoms with van der Waals surface area (Å²) in [4.78, 5) is 28.7. The number of allylic oxidation sites excluding steroid dienone is 2. The second kappa shape index (κ2) is 12.2. The predicted molar refractivity (Wildman–Crippen MR) is 147 cm³/mol. The van der Waals surface area contributed by atoms with E-state index in [1.54, 1.807) is 0 Å². The van der Waals surface area contributed by atoms with Crippen LogP contribution in [0.1, 0.15) is 61.6 Å². The van der Waals surface area contributed by atoms with Gasteiger partial charge in [0, 0.05) is 23.5 Å². The molecule has 0 radical (unpaired) electrons. The van der Waals surface area contributed by atoms with Crippen molar-refractivity contribution in [1.82, 2.24) is 15.5 Å². The molecule has 1 fully saturated rings. The van der Waals surface area contributed by atoms with Crippen LogP contribution < -0.4 is 10.6 Å². The van der Waals surface area contributed by atoms with E-state index >= 15 is 0 Å². The fourth-order valence-corrected chi connectivity index (χ4v) is 5.58. The number of hydrogen-bond acceptors (Lipinski definition) is 5. The van der Waals surface area contributed by atoms with E-state index < -0.39 is 11.9 Å². The van der Waals surface area contributed by atoms with Crippen LogP contribution in [-0.2, 0) is 14.3 Å². The molecule has 1 atom stereocenters. The molecule has 1 amide bonds. The van der Waals surface area contributed by atoms with Gasteiger partial charge in [0.05, 0.1) is 18.6 Å². The monoisotopic (exact) mass is 501 g/mol. The van der Waals surface area contributed by atoms with Gasteiger partial charge in [-0.25, -0.2) is 4.79 Å². The lowest BCUT2D eigenvalue weighted by Crippen LogP contribution is -2.38. The van der Waals surface area contributed by atoms with E-state index in [1.807, 2.05) is 45.0 Å². The van der Waals surface area contributed by atoms with Gasteiger partial charge in [0.1, 0.15) is 0 Å². The maximum Gasteiger partial charge on any atom is 0.336 e.